The number of benzene rings is 2. The van der Waals surface area contributed by atoms with E-state index in [2.05, 4.69) is 10.3 Å². The van der Waals surface area contributed by atoms with Crippen LogP contribution in [0.5, 0.6) is 0 Å². The first-order chi connectivity index (χ1) is 12.4. The molecule has 132 valence electrons. The van der Waals surface area contributed by atoms with Gasteiger partial charge in [0, 0.05) is 11.5 Å². The number of nitrogens with one attached hydrogen (secondary N) is 1. The first kappa shape index (κ1) is 17.9. The molecule has 6 nitrogen and oxygen atoms in total. The fourth-order valence-corrected chi connectivity index (χ4v) is 3.18. The van der Waals surface area contributed by atoms with Crippen molar-refractivity contribution in [2.24, 2.45) is 0 Å². The van der Waals surface area contributed by atoms with Crippen LogP contribution in [0.25, 0.3) is 10.9 Å². The van der Waals surface area contributed by atoms with E-state index in [1.54, 1.807) is 13.0 Å². The number of rotatable bonds is 5. The molecule has 0 unspecified atom stereocenters. The minimum Gasteiger partial charge on any atom is -0.320 e. The van der Waals surface area contributed by atoms with Gasteiger partial charge in [-0.2, -0.15) is 0 Å². The molecule has 3 rings (SSSR count). The fraction of sp³-hybridized carbons (Fsp3) is 0.158. The van der Waals surface area contributed by atoms with E-state index in [0.29, 0.717) is 0 Å². The summed E-state index contributed by atoms with van der Waals surface area (Å²) >= 11 is 1.29. The molecule has 0 aliphatic heterocycles. The van der Waals surface area contributed by atoms with Crippen LogP contribution < -0.4 is 5.32 Å². The number of hydrogen-bond acceptors (Lipinski definition) is 5. The summed E-state index contributed by atoms with van der Waals surface area (Å²) in [5.41, 5.74) is 2.67. The second-order valence-electron chi connectivity index (χ2n) is 5.89. The average molecular weight is 367 g/mol. The molecule has 1 aromatic heterocycles. The zero-order valence-electron chi connectivity index (χ0n) is 14.4. The van der Waals surface area contributed by atoms with Gasteiger partial charge in [-0.25, -0.2) is 4.98 Å². The molecule has 0 saturated carbocycles. The molecule has 0 aliphatic carbocycles. The highest BCUT2D eigenvalue weighted by Gasteiger charge is 2.17. The lowest BCUT2D eigenvalue weighted by molar-refractivity contribution is -0.384. The van der Waals surface area contributed by atoms with E-state index in [-0.39, 0.29) is 23.0 Å². The van der Waals surface area contributed by atoms with Gasteiger partial charge in [-0.3, -0.25) is 14.9 Å². The van der Waals surface area contributed by atoms with Gasteiger partial charge in [-0.15, -0.1) is 0 Å². The number of nitrogens with zero attached hydrogens (tertiary/aromatic N) is 2. The molecular formula is C19H17N3O3S. The van der Waals surface area contributed by atoms with E-state index in [4.69, 9.17) is 0 Å². The highest BCUT2D eigenvalue weighted by atomic mass is 32.2. The van der Waals surface area contributed by atoms with Crippen molar-refractivity contribution in [1.29, 1.82) is 0 Å². The standard InChI is InChI=1S/C19H17N3O3S/c1-12-9-16(17(22(24)25)10-13(12)2)20-18(23)11-26-19-8-7-14-5-3-4-6-15(14)21-19/h3-10H,11H2,1-2H3,(H,20,23). The second kappa shape index (κ2) is 7.53. The lowest BCUT2D eigenvalue weighted by atomic mass is 10.1. The van der Waals surface area contributed by atoms with Gasteiger partial charge in [0.05, 0.1) is 21.2 Å². The average Bonchev–Trinajstić information content (AvgIpc) is 2.62. The first-order valence-corrected chi connectivity index (χ1v) is 8.96. The Morgan fingerprint density at radius 1 is 1.15 bits per heavy atom. The van der Waals surface area contributed by atoms with Crippen molar-refractivity contribution in [3.8, 4) is 0 Å². The van der Waals surface area contributed by atoms with Crippen LogP contribution in [0.1, 0.15) is 11.1 Å². The summed E-state index contributed by atoms with van der Waals surface area (Å²) in [7, 11) is 0. The van der Waals surface area contributed by atoms with Gasteiger partial charge in [0.15, 0.2) is 0 Å². The molecular weight excluding hydrogens is 350 g/mol. The minimum atomic E-state index is -0.486. The largest absolute Gasteiger partial charge is 0.320 e. The van der Waals surface area contributed by atoms with Gasteiger partial charge < -0.3 is 5.32 Å². The van der Waals surface area contributed by atoms with E-state index in [9.17, 15) is 14.9 Å². The van der Waals surface area contributed by atoms with Gasteiger partial charge in [-0.05, 0) is 43.2 Å². The van der Waals surface area contributed by atoms with Gasteiger partial charge in [0.25, 0.3) is 5.69 Å². The Morgan fingerprint density at radius 2 is 1.88 bits per heavy atom. The fourth-order valence-electron chi connectivity index (χ4n) is 2.51. The van der Waals surface area contributed by atoms with Gasteiger partial charge in [0.2, 0.25) is 5.91 Å². The highest BCUT2D eigenvalue weighted by molar-refractivity contribution is 7.99. The monoisotopic (exact) mass is 367 g/mol. The predicted octanol–water partition coefficient (Wildman–Crippen LogP) is 4.49. The van der Waals surface area contributed by atoms with Gasteiger partial charge in [0.1, 0.15) is 5.69 Å². The van der Waals surface area contributed by atoms with E-state index in [1.807, 2.05) is 43.3 Å². The number of aryl methyl sites for hydroxylation is 2. The molecule has 26 heavy (non-hydrogen) atoms. The Hall–Kier alpha value is -2.93. The van der Waals surface area contributed by atoms with E-state index >= 15 is 0 Å². The number of carbonyl (C=O) groups excluding carboxylic acids is 1. The van der Waals surface area contributed by atoms with Crippen molar-refractivity contribution in [1.82, 2.24) is 4.98 Å². The predicted molar refractivity (Wildman–Crippen MR) is 104 cm³/mol. The molecule has 0 aliphatic rings. The molecule has 0 bridgehead atoms. The third kappa shape index (κ3) is 4.00. The van der Waals surface area contributed by atoms with Crippen molar-refractivity contribution in [3.63, 3.8) is 0 Å². The second-order valence-corrected chi connectivity index (χ2v) is 6.89. The van der Waals surface area contributed by atoms with Crippen LogP contribution in [-0.4, -0.2) is 21.6 Å². The van der Waals surface area contributed by atoms with Crippen molar-refractivity contribution in [2.75, 3.05) is 11.1 Å². The summed E-state index contributed by atoms with van der Waals surface area (Å²) in [6.45, 7) is 3.65. The van der Waals surface area contributed by atoms with Crippen molar-refractivity contribution < 1.29 is 9.72 Å². The highest BCUT2D eigenvalue weighted by Crippen LogP contribution is 2.28. The van der Waals surface area contributed by atoms with E-state index < -0.39 is 4.92 Å². The number of carbonyl (C=O) groups is 1. The van der Waals surface area contributed by atoms with Crippen LogP contribution >= 0.6 is 11.8 Å². The molecule has 0 spiro atoms. The number of aromatic nitrogens is 1. The summed E-state index contributed by atoms with van der Waals surface area (Å²) in [6.07, 6.45) is 0. The van der Waals surface area contributed by atoms with Crippen molar-refractivity contribution in [2.45, 2.75) is 18.9 Å². The minimum absolute atomic E-state index is 0.102. The maximum Gasteiger partial charge on any atom is 0.293 e. The number of amides is 1. The zero-order chi connectivity index (χ0) is 18.7. The van der Waals surface area contributed by atoms with Gasteiger partial charge in [-0.1, -0.05) is 36.0 Å². The number of anilines is 1. The lowest BCUT2D eigenvalue weighted by Crippen LogP contribution is -2.15. The van der Waals surface area contributed by atoms with Crippen LogP contribution in [0, 0.1) is 24.0 Å². The number of hydrogen-bond donors (Lipinski definition) is 1. The Bertz CT molecular complexity index is 1000. The topological polar surface area (TPSA) is 85.1 Å². The van der Waals surface area contributed by atoms with Crippen molar-refractivity contribution >= 4 is 39.9 Å². The molecule has 1 heterocycles. The molecule has 0 fully saturated rings. The number of nitro benzene ring substituents is 1. The number of thioether (sulfide) groups is 1. The molecule has 0 saturated heterocycles. The van der Waals surface area contributed by atoms with Crippen LogP contribution in [0.2, 0.25) is 0 Å². The van der Waals surface area contributed by atoms with Crippen LogP contribution in [0.15, 0.2) is 53.6 Å². The summed E-state index contributed by atoms with van der Waals surface area (Å²) in [6, 6.07) is 14.7. The number of para-hydroxylation sites is 1. The van der Waals surface area contributed by atoms with E-state index in [1.165, 1.54) is 17.8 Å². The Balaban J connectivity index is 1.70. The summed E-state index contributed by atoms with van der Waals surface area (Å²) in [5.74, 6) is -0.189. The molecule has 0 radical (unpaired) electrons. The maximum atomic E-state index is 12.2. The first-order valence-electron chi connectivity index (χ1n) is 7.98. The number of pyridine rings is 1. The molecule has 3 aromatic rings. The van der Waals surface area contributed by atoms with Gasteiger partial charge >= 0.3 is 0 Å². The maximum absolute atomic E-state index is 12.2. The van der Waals surface area contributed by atoms with Crippen molar-refractivity contribution in [3.05, 3.63) is 69.8 Å². The van der Waals surface area contributed by atoms with Crippen LogP contribution in [0.3, 0.4) is 0 Å². The van der Waals surface area contributed by atoms with Crippen LogP contribution in [0.4, 0.5) is 11.4 Å². The summed E-state index contributed by atoms with van der Waals surface area (Å²) < 4.78 is 0. The molecule has 0 atom stereocenters. The summed E-state index contributed by atoms with van der Waals surface area (Å²) in [5, 5.41) is 15.6. The zero-order valence-corrected chi connectivity index (χ0v) is 15.2. The summed E-state index contributed by atoms with van der Waals surface area (Å²) in [4.78, 5) is 27.5. The third-order valence-corrected chi connectivity index (χ3v) is 4.94. The Labute approximate surface area is 154 Å². The molecule has 7 heteroatoms. The smallest absolute Gasteiger partial charge is 0.293 e. The Kier molecular flexibility index (Phi) is 5.18. The number of nitro groups is 1. The molecule has 2 aromatic carbocycles. The molecule has 1 amide bonds. The van der Waals surface area contributed by atoms with Crippen LogP contribution in [-0.2, 0) is 4.79 Å². The van der Waals surface area contributed by atoms with E-state index in [0.717, 1.165) is 27.1 Å². The number of fused-ring (bicyclic) bond motifs is 1. The Morgan fingerprint density at radius 3 is 2.65 bits per heavy atom. The lowest BCUT2D eigenvalue weighted by Gasteiger charge is -2.09. The quantitative estimate of drug-likeness (QED) is 0.408. The molecule has 1 N–H and O–H groups in total. The SMILES string of the molecule is Cc1cc(NC(=O)CSc2ccc3ccccc3n2)c([N+](=O)[O-])cc1C. The third-order valence-electron chi connectivity index (χ3n) is 4.01. The normalized spacial score (nSPS) is 10.7.